The third-order valence-corrected chi connectivity index (χ3v) is 9.07. The van der Waals surface area contributed by atoms with E-state index in [1.807, 2.05) is 49.7 Å². The Morgan fingerprint density at radius 1 is 1.11 bits per heavy atom. The maximum atomic E-state index is 13.1. The van der Waals surface area contributed by atoms with Crippen molar-refractivity contribution in [1.29, 1.82) is 0 Å². The van der Waals surface area contributed by atoms with Crippen LogP contribution in [-0.4, -0.2) is 63.7 Å². The van der Waals surface area contributed by atoms with Crippen LogP contribution in [0.25, 0.3) is 17.0 Å². The first-order valence-corrected chi connectivity index (χ1v) is 14.3. The SMILES string of the molecule is CCN(CC)S(=O)(=O)c1cccc(-c2nnc(SCc3cn4c(C)cccc4n3)n2[C@@H](C)COC)c1. The van der Waals surface area contributed by atoms with E-state index in [2.05, 4.69) is 27.6 Å². The van der Waals surface area contributed by atoms with E-state index in [4.69, 9.17) is 9.72 Å². The first-order chi connectivity index (χ1) is 17.3. The van der Waals surface area contributed by atoms with Crippen molar-refractivity contribution in [2.75, 3.05) is 26.8 Å². The lowest BCUT2D eigenvalue weighted by atomic mass is 10.2. The van der Waals surface area contributed by atoms with Gasteiger partial charge in [0, 0.05) is 43.4 Å². The summed E-state index contributed by atoms with van der Waals surface area (Å²) in [5, 5.41) is 9.66. The van der Waals surface area contributed by atoms with Crippen molar-refractivity contribution in [2.24, 2.45) is 0 Å². The number of pyridine rings is 1. The van der Waals surface area contributed by atoms with E-state index in [0.717, 1.165) is 22.2 Å². The Morgan fingerprint density at radius 3 is 2.56 bits per heavy atom. The molecule has 0 saturated heterocycles. The largest absolute Gasteiger partial charge is 0.383 e. The molecule has 0 bridgehead atoms. The van der Waals surface area contributed by atoms with Gasteiger partial charge in [-0.2, -0.15) is 4.31 Å². The molecule has 11 heteroatoms. The van der Waals surface area contributed by atoms with E-state index < -0.39 is 10.0 Å². The Labute approximate surface area is 216 Å². The molecule has 0 fully saturated rings. The van der Waals surface area contributed by atoms with Crippen molar-refractivity contribution < 1.29 is 13.2 Å². The van der Waals surface area contributed by atoms with E-state index in [-0.39, 0.29) is 10.9 Å². The molecule has 0 radical (unpaired) electrons. The smallest absolute Gasteiger partial charge is 0.243 e. The fraction of sp³-hybridized carbons (Fsp3) is 0.400. The monoisotopic (exact) mass is 528 g/mol. The van der Waals surface area contributed by atoms with Gasteiger partial charge in [0.15, 0.2) is 11.0 Å². The molecule has 0 spiro atoms. The van der Waals surface area contributed by atoms with Crippen LogP contribution in [-0.2, 0) is 20.5 Å². The summed E-state index contributed by atoms with van der Waals surface area (Å²) in [6, 6.07) is 12.9. The van der Waals surface area contributed by atoms with Gasteiger partial charge in [0.25, 0.3) is 0 Å². The molecule has 0 aliphatic carbocycles. The number of methoxy groups -OCH3 is 1. The number of imidazole rings is 1. The summed E-state index contributed by atoms with van der Waals surface area (Å²) in [6.45, 7) is 9.04. The van der Waals surface area contributed by atoms with Crippen LogP contribution in [0.4, 0.5) is 0 Å². The molecule has 1 aromatic carbocycles. The van der Waals surface area contributed by atoms with E-state index >= 15 is 0 Å². The van der Waals surface area contributed by atoms with Gasteiger partial charge in [0.05, 0.1) is 23.2 Å². The van der Waals surface area contributed by atoms with Crippen molar-refractivity contribution in [3.63, 3.8) is 0 Å². The Balaban J connectivity index is 1.68. The quantitative estimate of drug-likeness (QED) is 0.266. The van der Waals surface area contributed by atoms with Crippen LogP contribution >= 0.6 is 11.8 Å². The van der Waals surface area contributed by atoms with Crippen LogP contribution in [0.3, 0.4) is 0 Å². The van der Waals surface area contributed by atoms with E-state index in [1.165, 1.54) is 4.31 Å². The van der Waals surface area contributed by atoms with E-state index in [0.29, 0.717) is 36.8 Å². The Bertz CT molecular complexity index is 1440. The number of thioether (sulfide) groups is 1. The average molecular weight is 529 g/mol. The van der Waals surface area contributed by atoms with Crippen LogP contribution in [0.5, 0.6) is 0 Å². The fourth-order valence-corrected chi connectivity index (χ4v) is 6.62. The highest BCUT2D eigenvalue weighted by Gasteiger charge is 2.24. The van der Waals surface area contributed by atoms with Gasteiger partial charge in [0.2, 0.25) is 10.0 Å². The van der Waals surface area contributed by atoms with Gasteiger partial charge >= 0.3 is 0 Å². The molecule has 0 aliphatic heterocycles. The lowest BCUT2D eigenvalue weighted by Crippen LogP contribution is -2.30. The lowest BCUT2D eigenvalue weighted by Gasteiger charge is -2.20. The van der Waals surface area contributed by atoms with Gasteiger partial charge in [0.1, 0.15) is 5.65 Å². The molecule has 0 amide bonds. The minimum atomic E-state index is -3.60. The Kier molecular flexibility index (Phi) is 8.13. The zero-order valence-electron chi connectivity index (χ0n) is 21.2. The predicted molar refractivity (Wildman–Crippen MR) is 142 cm³/mol. The topological polar surface area (TPSA) is 94.6 Å². The average Bonchev–Trinajstić information content (AvgIpc) is 3.48. The maximum Gasteiger partial charge on any atom is 0.243 e. The number of sulfonamides is 1. The highest BCUT2D eigenvalue weighted by Crippen LogP contribution is 2.31. The molecule has 36 heavy (non-hydrogen) atoms. The minimum Gasteiger partial charge on any atom is -0.383 e. The highest BCUT2D eigenvalue weighted by atomic mass is 32.2. The predicted octanol–water partition coefficient (Wildman–Crippen LogP) is 4.43. The van der Waals surface area contributed by atoms with Gasteiger partial charge in [-0.25, -0.2) is 13.4 Å². The third kappa shape index (κ3) is 5.19. The second kappa shape index (κ2) is 11.1. The van der Waals surface area contributed by atoms with Crippen molar-refractivity contribution in [2.45, 2.75) is 49.5 Å². The Hall–Kier alpha value is -2.73. The summed E-state index contributed by atoms with van der Waals surface area (Å²) in [6.07, 6.45) is 2.04. The van der Waals surface area contributed by atoms with Crippen LogP contribution in [0.15, 0.2) is 58.7 Å². The number of benzene rings is 1. The molecule has 4 rings (SSSR count). The standard InChI is InChI=1S/C25H32N6O3S2/c1-6-29(7-2)36(32,33)22-12-9-11-20(14-22)24-27-28-25(31(24)19(4)16-34-5)35-17-21-15-30-18(3)10-8-13-23(30)26-21/h8-15,19H,6-7,16-17H2,1-5H3/t19-/m0/s1. The van der Waals surface area contributed by atoms with Gasteiger partial charge in [-0.1, -0.05) is 43.8 Å². The van der Waals surface area contributed by atoms with E-state index in [1.54, 1.807) is 37.1 Å². The van der Waals surface area contributed by atoms with E-state index in [9.17, 15) is 8.42 Å². The third-order valence-electron chi connectivity index (χ3n) is 6.04. The molecule has 0 aliphatic rings. The first-order valence-electron chi connectivity index (χ1n) is 11.9. The number of rotatable bonds is 11. The number of hydrogen-bond acceptors (Lipinski definition) is 7. The second-order valence-electron chi connectivity index (χ2n) is 8.51. The van der Waals surface area contributed by atoms with Gasteiger partial charge < -0.3 is 9.14 Å². The summed E-state index contributed by atoms with van der Waals surface area (Å²) in [4.78, 5) is 4.97. The van der Waals surface area contributed by atoms with Gasteiger partial charge in [-0.15, -0.1) is 10.2 Å². The van der Waals surface area contributed by atoms with Crippen molar-refractivity contribution in [3.05, 3.63) is 60.0 Å². The molecule has 0 N–H and O–H groups in total. The lowest BCUT2D eigenvalue weighted by molar-refractivity contribution is 0.159. The highest BCUT2D eigenvalue weighted by molar-refractivity contribution is 7.98. The second-order valence-corrected chi connectivity index (χ2v) is 11.4. The number of hydrogen-bond donors (Lipinski definition) is 0. The first kappa shape index (κ1) is 26.3. The molecule has 0 saturated carbocycles. The van der Waals surface area contributed by atoms with Gasteiger partial charge in [-0.3, -0.25) is 4.57 Å². The molecule has 0 unspecified atom stereocenters. The fourth-order valence-electron chi connectivity index (χ4n) is 4.20. The summed E-state index contributed by atoms with van der Waals surface area (Å²) in [5.74, 6) is 1.22. The summed E-state index contributed by atoms with van der Waals surface area (Å²) in [7, 11) is -1.94. The van der Waals surface area contributed by atoms with Gasteiger partial charge in [-0.05, 0) is 38.1 Å². The van der Waals surface area contributed by atoms with Crippen molar-refractivity contribution in [3.8, 4) is 11.4 Å². The normalized spacial score (nSPS) is 13.1. The number of nitrogens with zero attached hydrogens (tertiary/aromatic N) is 6. The number of aryl methyl sites for hydroxylation is 1. The molecular formula is C25H32N6O3S2. The van der Waals surface area contributed by atoms with Crippen molar-refractivity contribution >= 4 is 27.4 Å². The minimum absolute atomic E-state index is 0.0612. The molecule has 4 aromatic rings. The molecule has 1 atom stereocenters. The molecular weight excluding hydrogens is 496 g/mol. The summed E-state index contributed by atoms with van der Waals surface area (Å²) < 4.78 is 37.2. The van der Waals surface area contributed by atoms with Crippen LogP contribution in [0.1, 0.15) is 38.2 Å². The number of aromatic nitrogens is 5. The molecule has 3 heterocycles. The van der Waals surface area contributed by atoms with Crippen LogP contribution in [0.2, 0.25) is 0 Å². The number of fused-ring (bicyclic) bond motifs is 1. The number of ether oxygens (including phenoxy) is 1. The van der Waals surface area contributed by atoms with Crippen LogP contribution in [0, 0.1) is 6.92 Å². The zero-order valence-corrected chi connectivity index (χ0v) is 22.9. The molecule has 192 valence electrons. The maximum absolute atomic E-state index is 13.1. The van der Waals surface area contributed by atoms with Crippen LogP contribution < -0.4 is 0 Å². The summed E-state index contributed by atoms with van der Waals surface area (Å²) in [5.41, 5.74) is 3.66. The molecule has 9 nitrogen and oxygen atoms in total. The van der Waals surface area contributed by atoms with Crippen molar-refractivity contribution in [1.82, 2.24) is 28.5 Å². The molecule has 3 aromatic heterocycles. The zero-order chi connectivity index (χ0) is 25.9. The Morgan fingerprint density at radius 2 is 1.86 bits per heavy atom. The summed E-state index contributed by atoms with van der Waals surface area (Å²) >= 11 is 1.54.